The van der Waals surface area contributed by atoms with E-state index in [1.165, 1.54) is 0 Å². The lowest BCUT2D eigenvalue weighted by molar-refractivity contribution is -0.117. The van der Waals surface area contributed by atoms with Crippen LogP contribution in [0.5, 0.6) is 5.88 Å². The van der Waals surface area contributed by atoms with Gasteiger partial charge < -0.3 is 25.2 Å². The van der Waals surface area contributed by atoms with Gasteiger partial charge in [0, 0.05) is 13.1 Å². The highest BCUT2D eigenvalue weighted by molar-refractivity contribution is 5.87. The first kappa shape index (κ1) is 24.0. The summed E-state index contributed by atoms with van der Waals surface area (Å²) in [6.07, 6.45) is 5.25. The lowest BCUT2D eigenvalue weighted by Crippen LogP contribution is -2.40. The third-order valence-electron chi connectivity index (χ3n) is 6.71. The monoisotopic (exact) mass is 498 g/mol. The zero-order valence-corrected chi connectivity index (χ0v) is 20.7. The third kappa shape index (κ3) is 4.45. The zero-order valence-electron chi connectivity index (χ0n) is 20.7. The largest absolute Gasteiger partial charge is 0.478 e. The smallest absolute Gasteiger partial charge is 0.256 e. The number of hydrogen-bond donors (Lipinski definition) is 2. The number of ether oxygens (including phenoxy) is 1. The van der Waals surface area contributed by atoms with Crippen LogP contribution in [0.2, 0.25) is 0 Å². The van der Waals surface area contributed by atoms with E-state index in [1.807, 2.05) is 17.8 Å². The molecule has 0 bridgehead atoms. The van der Waals surface area contributed by atoms with Crippen LogP contribution in [0.3, 0.4) is 0 Å². The number of halogens is 1. The van der Waals surface area contributed by atoms with Crippen LogP contribution in [0, 0.1) is 0 Å². The van der Waals surface area contributed by atoms with Gasteiger partial charge in [-0.05, 0) is 32.5 Å². The topological polar surface area (TPSA) is 118 Å². The second-order valence-corrected chi connectivity index (χ2v) is 9.20. The van der Waals surface area contributed by atoms with E-state index in [9.17, 15) is 9.18 Å². The SMILES string of the molecule is C=CC(=O)N[C@@H]1CN(c2nc(Nc3cn(C4CCN(C)C4)nc3OC)c3ncc(CC)n3n2)C[C@H]1F. The maximum absolute atomic E-state index is 14.7. The summed E-state index contributed by atoms with van der Waals surface area (Å²) in [5.74, 6) is 0.820. The molecule has 0 aliphatic carbocycles. The van der Waals surface area contributed by atoms with Gasteiger partial charge >= 0.3 is 0 Å². The van der Waals surface area contributed by atoms with Gasteiger partial charge in [0.1, 0.15) is 11.9 Å². The van der Waals surface area contributed by atoms with E-state index in [4.69, 9.17) is 9.72 Å². The molecule has 5 heterocycles. The van der Waals surface area contributed by atoms with Gasteiger partial charge in [-0.15, -0.1) is 10.2 Å². The average Bonchev–Trinajstić information content (AvgIpc) is 3.65. The number of likely N-dealkylation sites (tertiary alicyclic amines) is 1. The summed E-state index contributed by atoms with van der Waals surface area (Å²) >= 11 is 0. The minimum absolute atomic E-state index is 0.0552. The zero-order chi connectivity index (χ0) is 25.4. The van der Waals surface area contributed by atoms with Gasteiger partial charge in [0.2, 0.25) is 11.9 Å². The van der Waals surface area contributed by atoms with Crippen molar-refractivity contribution in [3.8, 4) is 5.88 Å². The van der Waals surface area contributed by atoms with Gasteiger partial charge in [-0.25, -0.2) is 13.9 Å². The number of nitrogens with zero attached hydrogens (tertiary/aromatic N) is 8. The molecule has 2 saturated heterocycles. The number of methoxy groups -OCH3 is 1. The Morgan fingerprint density at radius 3 is 2.86 bits per heavy atom. The number of imidazole rings is 1. The van der Waals surface area contributed by atoms with E-state index >= 15 is 0 Å². The molecule has 0 radical (unpaired) electrons. The molecule has 5 rings (SSSR count). The second-order valence-electron chi connectivity index (χ2n) is 9.20. The molecule has 12 nitrogen and oxygen atoms in total. The highest BCUT2D eigenvalue weighted by Crippen LogP contribution is 2.32. The van der Waals surface area contributed by atoms with Gasteiger partial charge in [-0.3, -0.25) is 9.48 Å². The molecule has 0 saturated carbocycles. The Labute approximate surface area is 208 Å². The van der Waals surface area contributed by atoms with Crippen LogP contribution in [0.1, 0.15) is 25.1 Å². The summed E-state index contributed by atoms with van der Waals surface area (Å²) in [4.78, 5) is 24.9. The third-order valence-corrected chi connectivity index (χ3v) is 6.71. The predicted molar refractivity (Wildman–Crippen MR) is 133 cm³/mol. The first-order valence-electron chi connectivity index (χ1n) is 12.1. The van der Waals surface area contributed by atoms with Crippen molar-refractivity contribution in [3.05, 3.63) is 30.7 Å². The standard InChI is InChI=1S/C23H31FN10O2/c1-5-14-9-25-21-20(27-18-13-33(29-22(18)36-4)15-7-8-31(3)10-15)28-23(30-34(14)21)32-11-16(24)17(12-32)26-19(35)6-2/h6,9,13,15-17H,2,5,7-8,10-12H2,1,3-4H3,(H,26,35)(H,27,28,30)/t15?,16-,17-/m1/s1. The van der Waals surface area contributed by atoms with Gasteiger partial charge in [0.15, 0.2) is 11.5 Å². The fourth-order valence-corrected chi connectivity index (χ4v) is 4.73. The van der Waals surface area contributed by atoms with Crippen molar-refractivity contribution < 1.29 is 13.9 Å². The summed E-state index contributed by atoms with van der Waals surface area (Å²) in [5.41, 5.74) is 2.08. The van der Waals surface area contributed by atoms with E-state index in [-0.39, 0.29) is 19.1 Å². The van der Waals surface area contributed by atoms with Crippen molar-refractivity contribution in [3.63, 3.8) is 0 Å². The summed E-state index contributed by atoms with van der Waals surface area (Å²) < 4.78 is 23.9. The molecule has 2 N–H and O–H groups in total. The van der Waals surface area contributed by atoms with Crippen molar-refractivity contribution in [2.75, 3.05) is 50.6 Å². The second kappa shape index (κ2) is 9.72. The van der Waals surface area contributed by atoms with Crippen molar-refractivity contribution in [1.82, 2.24) is 39.6 Å². The van der Waals surface area contributed by atoms with Crippen LogP contribution in [0.15, 0.2) is 25.0 Å². The molecule has 2 aliphatic heterocycles. The molecule has 0 aromatic carbocycles. The van der Waals surface area contributed by atoms with Crippen LogP contribution >= 0.6 is 0 Å². The molecule has 3 aromatic heterocycles. The molecule has 3 atom stereocenters. The van der Waals surface area contributed by atoms with Gasteiger partial charge in [0.25, 0.3) is 5.88 Å². The van der Waals surface area contributed by atoms with Crippen LogP contribution < -0.4 is 20.3 Å². The van der Waals surface area contributed by atoms with E-state index in [0.29, 0.717) is 35.4 Å². The normalized spacial score (nSPS) is 22.3. The lowest BCUT2D eigenvalue weighted by atomic mass is 10.2. The number of fused-ring (bicyclic) bond motifs is 1. The summed E-state index contributed by atoms with van der Waals surface area (Å²) in [6, 6.07) is -0.421. The van der Waals surface area contributed by atoms with E-state index in [0.717, 1.165) is 31.3 Å². The molecule has 0 spiro atoms. The first-order chi connectivity index (χ1) is 17.4. The molecule has 2 fully saturated rings. The molecular weight excluding hydrogens is 467 g/mol. The van der Waals surface area contributed by atoms with Crippen molar-refractivity contribution in [2.24, 2.45) is 0 Å². The van der Waals surface area contributed by atoms with Crippen LogP contribution in [-0.2, 0) is 11.2 Å². The summed E-state index contributed by atoms with van der Waals surface area (Å²) in [7, 11) is 3.67. The van der Waals surface area contributed by atoms with E-state index in [2.05, 4.69) is 44.3 Å². The highest BCUT2D eigenvalue weighted by atomic mass is 19.1. The summed E-state index contributed by atoms with van der Waals surface area (Å²) in [5, 5.41) is 15.2. The minimum atomic E-state index is -1.26. The Bertz CT molecular complexity index is 1270. The molecule has 13 heteroatoms. The Morgan fingerprint density at radius 1 is 1.33 bits per heavy atom. The Kier molecular flexibility index (Phi) is 6.48. The Balaban J connectivity index is 1.48. The van der Waals surface area contributed by atoms with E-state index < -0.39 is 18.1 Å². The highest BCUT2D eigenvalue weighted by Gasteiger charge is 2.35. The Morgan fingerprint density at radius 2 is 2.17 bits per heavy atom. The number of anilines is 3. The number of amides is 1. The van der Waals surface area contributed by atoms with Crippen molar-refractivity contribution >= 4 is 29.0 Å². The minimum Gasteiger partial charge on any atom is -0.478 e. The average molecular weight is 499 g/mol. The summed E-state index contributed by atoms with van der Waals surface area (Å²) in [6.45, 7) is 7.66. The number of likely N-dealkylation sites (N-methyl/N-ethyl adjacent to an activating group) is 1. The van der Waals surface area contributed by atoms with Crippen molar-refractivity contribution in [2.45, 2.75) is 38.0 Å². The van der Waals surface area contributed by atoms with Crippen LogP contribution in [0.25, 0.3) is 5.65 Å². The maximum atomic E-state index is 14.7. The lowest BCUT2D eigenvalue weighted by Gasteiger charge is -2.18. The predicted octanol–water partition coefficient (Wildman–Crippen LogP) is 1.34. The molecule has 2 aliphatic rings. The first-order valence-corrected chi connectivity index (χ1v) is 12.1. The number of alkyl halides is 1. The van der Waals surface area contributed by atoms with Crippen molar-refractivity contribution in [1.29, 1.82) is 0 Å². The fourth-order valence-electron chi connectivity index (χ4n) is 4.73. The van der Waals surface area contributed by atoms with E-state index in [1.54, 1.807) is 22.7 Å². The van der Waals surface area contributed by atoms with Crippen LogP contribution in [0.4, 0.5) is 21.8 Å². The number of nitrogens with one attached hydrogen (secondary N) is 2. The number of carbonyl (C=O) groups is 1. The fraction of sp³-hybridized carbons (Fsp3) is 0.522. The number of aryl methyl sites for hydroxylation is 1. The number of carbonyl (C=O) groups excluding carboxylic acids is 1. The number of rotatable bonds is 8. The molecule has 1 amide bonds. The maximum Gasteiger partial charge on any atom is 0.256 e. The quantitative estimate of drug-likeness (QED) is 0.444. The van der Waals surface area contributed by atoms with Gasteiger partial charge in [-0.1, -0.05) is 13.5 Å². The molecule has 3 aromatic rings. The van der Waals surface area contributed by atoms with Gasteiger partial charge in [-0.2, -0.15) is 4.98 Å². The Hall–Kier alpha value is -3.74. The number of aromatic nitrogens is 6. The molecule has 192 valence electrons. The van der Waals surface area contributed by atoms with Crippen LogP contribution in [-0.4, -0.2) is 92.7 Å². The molecule has 1 unspecified atom stereocenters. The van der Waals surface area contributed by atoms with Gasteiger partial charge in [0.05, 0.1) is 43.8 Å². The number of hydrogen-bond acceptors (Lipinski definition) is 9. The molecule has 36 heavy (non-hydrogen) atoms. The molecular formula is C23H31FN10O2.